The van der Waals surface area contributed by atoms with Crippen molar-refractivity contribution >= 4 is 11.1 Å². The SMILES string of the molecule is CC(C)c1cc(C(C)C)c(S(=O)O)c(C(C)C)c1.[H-].[Na+]. The average Bonchev–Trinajstić information content (AvgIpc) is 2.26. The largest absolute Gasteiger partial charge is 1.00 e. The summed E-state index contributed by atoms with van der Waals surface area (Å²) in [5.41, 5.74) is 3.26. The van der Waals surface area contributed by atoms with Crippen LogP contribution in [-0.4, -0.2) is 8.76 Å². The van der Waals surface area contributed by atoms with Crippen LogP contribution in [0.1, 0.15) is 77.4 Å². The third-order valence-electron chi connectivity index (χ3n) is 3.25. The zero-order valence-electron chi connectivity index (χ0n) is 14.2. The van der Waals surface area contributed by atoms with Crippen molar-refractivity contribution in [3.05, 3.63) is 28.8 Å². The Morgan fingerprint density at radius 3 is 1.53 bits per heavy atom. The molecule has 1 aromatic rings. The molecule has 19 heavy (non-hydrogen) atoms. The van der Waals surface area contributed by atoms with E-state index in [9.17, 15) is 8.76 Å². The monoisotopic (exact) mass is 292 g/mol. The Hall–Kier alpha value is 0.330. The van der Waals surface area contributed by atoms with Gasteiger partial charge in [0.1, 0.15) is 0 Å². The van der Waals surface area contributed by atoms with Gasteiger partial charge < -0.3 is 5.98 Å². The fourth-order valence-corrected chi connectivity index (χ4v) is 3.08. The van der Waals surface area contributed by atoms with E-state index in [1.54, 1.807) is 0 Å². The van der Waals surface area contributed by atoms with E-state index in [1.165, 1.54) is 5.56 Å². The summed E-state index contributed by atoms with van der Waals surface area (Å²) in [7, 11) is 0. The van der Waals surface area contributed by atoms with Gasteiger partial charge in [0, 0.05) is 0 Å². The summed E-state index contributed by atoms with van der Waals surface area (Å²) in [6.45, 7) is 12.6. The first-order chi connectivity index (χ1) is 8.25. The molecule has 0 saturated carbocycles. The molecule has 1 atom stereocenters. The van der Waals surface area contributed by atoms with Gasteiger partial charge in [-0.3, -0.25) is 0 Å². The van der Waals surface area contributed by atoms with Crippen molar-refractivity contribution in [2.75, 3.05) is 0 Å². The first-order valence-electron chi connectivity index (χ1n) is 6.54. The second kappa shape index (κ2) is 7.94. The van der Waals surface area contributed by atoms with Gasteiger partial charge in [-0.2, -0.15) is 0 Å². The van der Waals surface area contributed by atoms with Gasteiger partial charge in [0.05, 0.1) is 4.90 Å². The van der Waals surface area contributed by atoms with E-state index < -0.39 is 11.1 Å². The maximum absolute atomic E-state index is 11.6. The maximum Gasteiger partial charge on any atom is 1.00 e. The summed E-state index contributed by atoms with van der Waals surface area (Å²) >= 11 is -1.91. The molecule has 1 rings (SSSR count). The summed E-state index contributed by atoms with van der Waals surface area (Å²) < 4.78 is 21.2. The predicted octanol–water partition coefficient (Wildman–Crippen LogP) is 1.75. The smallest absolute Gasteiger partial charge is 1.00 e. The molecule has 1 unspecified atom stereocenters. The normalized spacial score (nSPS) is 12.9. The fraction of sp³-hybridized carbons (Fsp3) is 0.600. The molecule has 0 aliphatic rings. The second-order valence-corrected chi connectivity index (χ2v) is 6.65. The molecule has 0 saturated heterocycles. The van der Waals surface area contributed by atoms with Crippen molar-refractivity contribution in [1.29, 1.82) is 0 Å². The van der Waals surface area contributed by atoms with E-state index in [1.807, 2.05) is 0 Å². The van der Waals surface area contributed by atoms with Crippen LogP contribution in [0.25, 0.3) is 0 Å². The molecule has 1 N–H and O–H groups in total. The molecule has 104 valence electrons. The van der Waals surface area contributed by atoms with Crippen molar-refractivity contribution in [2.24, 2.45) is 0 Å². The molecule has 0 radical (unpaired) electrons. The van der Waals surface area contributed by atoms with Crippen molar-refractivity contribution in [1.82, 2.24) is 0 Å². The van der Waals surface area contributed by atoms with E-state index in [4.69, 9.17) is 0 Å². The van der Waals surface area contributed by atoms with Crippen LogP contribution in [0.15, 0.2) is 17.0 Å². The van der Waals surface area contributed by atoms with Crippen molar-refractivity contribution in [3.8, 4) is 0 Å². The minimum absolute atomic E-state index is 0. The Bertz CT molecular complexity index is 430. The Balaban J connectivity index is 0. The Labute approximate surface area is 143 Å². The Morgan fingerprint density at radius 1 is 0.947 bits per heavy atom. The zero-order valence-corrected chi connectivity index (χ0v) is 16.0. The number of rotatable bonds is 4. The molecule has 1 aromatic carbocycles. The number of benzene rings is 1. The van der Waals surface area contributed by atoms with Crippen LogP contribution in [0.2, 0.25) is 0 Å². The molecule has 0 aliphatic heterocycles. The van der Waals surface area contributed by atoms with Crippen LogP contribution in [0, 0.1) is 0 Å². The van der Waals surface area contributed by atoms with E-state index >= 15 is 0 Å². The van der Waals surface area contributed by atoms with E-state index in [0.717, 1.165) is 11.1 Å². The molecule has 0 aromatic heterocycles. The van der Waals surface area contributed by atoms with Crippen molar-refractivity contribution in [3.63, 3.8) is 0 Å². The van der Waals surface area contributed by atoms with Crippen molar-refractivity contribution < 1.29 is 39.7 Å². The van der Waals surface area contributed by atoms with Crippen LogP contribution in [-0.2, 0) is 11.1 Å². The van der Waals surface area contributed by atoms with Crippen LogP contribution < -0.4 is 29.6 Å². The quantitative estimate of drug-likeness (QED) is 0.678. The molecule has 0 aliphatic carbocycles. The third-order valence-corrected chi connectivity index (χ3v) is 4.07. The zero-order chi connectivity index (χ0) is 14.0. The summed E-state index contributed by atoms with van der Waals surface area (Å²) in [5.74, 6) is 0.945. The van der Waals surface area contributed by atoms with Crippen molar-refractivity contribution in [2.45, 2.75) is 64.2 Å². The van der Waals surface area contributed by atoms with Gasteiger partial charge in [-0.25, -0.2) is 4.21 Å². The summed E-state index contributed by atoms with van der Waals surface area (Å²) in [4.78, 5) is 0.615. The van der Waals surface area contributed by atoms with Gasteiger partial charge in [0.25, 0.3) is 0 Å². The van der Waals surface area contributed by atoms with Crippen LogP contribution >= 0.6 is 0 Å². The van der Waals surface area contributed by atoms with Gasteiger partial charge in [0.2, 0.25) is 0 Å². The summed E-state index contributed by atoms with van der Waals surface area (Å²) in [6, 6.07) is 4.18. The van der Waals surface area contributed by atoms with E-state index in [-0.39, 0.29) is 42.8 Å². The molecule has 2 nitrogen and oxygen atoms in total. The summed E-state index contributed by atoms with van der Waals surface area (Å²) in [6.07, 6.45) is 0. The van der Waals surface area contributed by atoms with Gasteiger partial charge in [-0.1, -0.05) is 53.7 Å². The molecular weight excluding hydrogens is 267 g/mol. The molecule has 4 heteroatoms. The topological polar surface area (TPSA) is 37.3 Å². The second-order valence-electron chi connectivity index (χ2n) is 5.74. The molecule has 0 heterocycles. The standard InChI is InChI=1S/C15H24O2S.Na.H/c1-9(2)12-7-13(10(3)4)15(18(16)17)14(8-12)11(5)6;;/h7-11H,1-6H3,(H,16,17);;/q;+1;-1. The van der Waals surface area contributed by atoms with Gasteiger partial charge in [-0.05, 0) is 34.4 Å². The van der Waals surface area contributed by atoms with E-state index in [0.29, 0.717) is 10.8 Å². The molecule has 0 spiro atoms. The van der Waals surface area contributed by atoms with Gasteiger partial charge in [-0.15, -0.1) is 0 Å². The fourth-order valence-electron chi connectivity index (χ4n) is 2.09. The first kappa shape index (κ1) is 19.3. The maximum atomic E-state index is 11.6. The number of hydrogen-bond acceptors (Lipinski definition) is 1. The van der Waals surface area contributed by atoms with Gasteiger partial charge in [0.15, 0.2) is 11.1 Å². The molecular formula is C15H25NaO2S. The first-order valence-corrected chi connectivity index (χ1v) is 7.64. The van der Waals surface area contributed by atoms with Crippen LogP contribution in [0.4, 0.5) is 0 Å². The Morgan fingerprint density at radius 2 is 1.32 bits per heavy atom. The molecule has 0 amide bonds. The molecule has 0 bridgehead atoms. The predicted molar refractivity (Wildman–Crippen MR) is 78.9 cm³/mol. The Kier molecular flexibility index (Phi) is 8.08. The number of hydrogen-bond donors (Lipinski definition) is 1. The molecule has 0 fully saturated rings. The van der Waals surface area contributed by atoms with E-state index in [2.05, 4.69) is 53.7 Å². The minimum Gasteiger partial charge on any atom is -1.00 e. The van der Waals surface area contributed by atoms with Gasteiger partial charge >= 0.3 is 29.6 Å². The average molecular weight is 292 g/mol. The van der Waals surface area contributed by atoms with Crippen LogP contribution in [0.5, 0.6) is 0 Å². The minimum atomic E-state index is -1.91. The van der Waals surface area contributed by atoms with Crippen LogP contribution in [0.3, 0.4) is 0 Å². The third kappa shape index (κ3) is 4.68. The summed E-state index contributed by atoms with van der Waals surface area (Å²) in [5, 5.41) is 0.